The highest BCUT2D eigenvalue weighted by Crippen LogP contribution is 2.32. The second kappa shape index (κ2) is 22.0. The zero-order valence-electron chi connectivity index (χ0n) is 34.4. The van der Waals surface area contributed by atoms with E-state index in [0.717, 1.165) is 36.1 Å². The number of halogens is 1. The minimum Gasteiger partial charge on any atom is -0.324 e. The van der Waals surface area contributed by atoms with Crippen LogP contribution >= 0.6 is 11.6 Å². The van der Waals surface area contributed by atoms with Crippen LogP contribution in [0.25, 0.3) is 16.6 Å². The molecule has 314 valence electrons. The predicted molar refractivity (Wildman–Crippen MR) is 238 cm³/mol. The van der Waals surface area contributed by atoms with Crippen LogP contribution in [0, 0.1) is 0 Å². The van der Waals surface area contributed by atoms with Crippen LogP contribution in [0.1, 0.15) is 114 Å². The molecular formula is C48H55ClN6O5. The number of rotatable bonds is 22. The predicted octanol–water partition coefficient (Wildman–Crippen LogP) is 10.6. The maximum Gasteiger partial charge on any atom is 0.328 e. The van der Waals surface area contributed by atoms with Crippen molar-refractivity contribution in [2.45, 2.75) is 109 Å². The van der Waals surface area contributed by atoms with Crippen LogP contribution in [0.5, 0.6) is 0 Å². The van der Waals surface area contributed by atoms with Crippen molar-refractivity contribution in [2.75, 3.05) is 17.2 Å². The van der Waals surface area contributed by atoms with Crippen molar-refractivity contribution in [3.05, 3.63) is 130 Å². The highest BCUT2D eigenvalue weighted by Gasteiger charge is 2.46. The second-order valence-electron chi connectivity index (χ2n) is 15.4. The fraction of sp³-hybridized carbons (Fsp3) is 0.375. The molecule has 1 atom stereocenters. The summed E-state index contributed by atoms with van der Waals surface area (Å²) in [5.74, 6) is -1.88. The number of hydrogen-bond donors (Lipinski definition) is 2. The molecule has 1 saturated heterocycles. The van der Waals surface area contributed by atoms with E-state index in [0.29, 0.717) is 12.1 Å². The van der Waals surface area contributed by atoms with Gasteiger partial charge in [-0.15, -0.1) is 0 Å². The lowest BCUT2D eigenvalue weighted by Crippen LogP contribution is -2.45. The van der Waals surface area contributed by atoms with Crippen LogP contribution in [0.2, 0.25) is 5.02 Å². The molecule has 6 rings (SSSR count). The lowest BCUT2D eigenvalue weighted by Gasteiger charge is -2.28. The van der Waals surface area contributed by atoms with Gasteiger partial charge in [0.15, 0.2) is 6.04 Å². The number of aromatic nitrogens is 2. The molecule has 12 heteroatoms. The maximum atomic E-state index is 14.7. The van der Waals surface area contributed by atoms with Gasteiger partial charge in [-0.1, -0.05) is 162 Å². The molecule has 5 amide bonds. The summed E-state index contributed by atoms with van der Waals surface area (Å²) in [4.78, 5) is 78.1. The second-order valence-corrected chi connectivity index (χ2v) is 15.9. The molecule has 1 aliphatic heterocycles. The smallest absolute Gasteiger partial charge is 0.324 e. The fourth-order valence-electron chi connectivity index (χ4n) is 7.71. The van der Waals surface area contributed by atoms with E-state index in [1.165, 1.54) is 67.3 Å². The molecule has 1 fully saturated rings. The van der Waals surface area contributed by atoms with E-state index in [9.17, 15) is 24.0 Å². The van der Waals surface area contributed by atoms with Gasteiger partial charge in [0, 0.05) is 13.0 Å². The summed E-state index contributed by atoms with van der Waals surface area (Å²) in [5, 5.41) is 6.15. The normalized spacial score (nSPS) is 13.2. The van der Waals surface area contributed by atoms with E-state index in [1.807, 2.05) is 30.3 Å². The Hall–Kier alpha value is -5.81. The summed E-state index contributed by atoms with van der Waals surface area (Å²) < 4.78 is 1.25. The van der Waals surface area contributed by atoms with Gasteiger partial charge in [-0.3, -0.25) is 23.7 Å². The van der Waals surface area contributed by atoms with E-state index in [1.54, 1.807) is 72.8 Å². The number of hydrogen-bond acceptors (Lipinski definition) is 6. The molecule has 1 unspecified atom stereocenters. The molecule has 60 heavy (non-hydrogen) atoms. The van der Waals surface area contributed by atoms with Gasteiger partial charge >= 0.3 is 6.03 Å². The lowest BCUT2D eigenvalue weighted by atomic mass is 10.0. The largest absolute Gasteiger partial charge is 0.328 e. The third-order valence-electron chi connectivity index (χ3n) is 10.9. The Morgan fingerprint density at radius 1 is 0.683 bits per heavy atom. The summed E-state index contributed by atoms with van der Waals surface area (Å²) in [5.41, 5.74) is 1.25. The van der Waals surface area contributed by atoms with Crippen LogP contribution < -0.4 is 16.2 Å². The van der Waals surface area contributed by atoms with Crippen LogP contribution in [0.4, 0.5) is 16.2 Å². The average molecular weight is 831 g/mol. The first-order valence-electron chi connectivity index (χ1n) is 21.4. The Morgan fingerprint density at radius 3 is 1.92 bits per heavy atom. The molecule has 4 aromatic carbocycles. The summed E-state index contributed by atoms with van der Waals surface area (Å²) in [6, 6.07) is 26.9. The molecule has 1 aliphatic rings. The number of fused-ring (bicyclic) bond motifs is 1. The quantitative estimate of drug-likeness (QED) is 0.0527. The van der Waals surface area contributed by atoms with Crippen LogP contribution in [0.15, 0.2) is 108 Å². The number of urea groups is 1. The van der Waals surface area contributed by atoms with Crippen molar-refractivity contribution in [3.63, 3.8) is 0 Å². The maximum absolute atomic E-state index is 14.7. The van der Waals surface area contributed by atoms with E-state index in [2.05, 4.69) is 17.6 Å². The van der Waals surface area contributed by atoms with E-state index >= 15 is 0 Å². The van der Waals surface area contributed by atoms with Gasteiger partial charge in [0.1, 0.15) is 17.9 Å². The van der Waals surface area contributed by atoms with Crippen molar-refractivity contribution < 1.29 is 19.2 Å². The highest BCUT2D eigenvalue weighted by atomic mass is 35.5. The number of amides is 5. The molecule has 0 aliphatic carbocycles. The summed E-state index contributed by atoms with van der Waals surface area (Å²) in [7, 11) is 0. The zero-order chi connectivity index (χ0) is 42.3. The number of unbranched alkanes of at least 4 members (excludes halogenated alkanes) is 12. The third kappa shape index (κ3) is 11.3. The topological polar surface area (TPSA) is 134 Å². The zero-order valence-corrected chi connectivity index (χ0v) is 35.2. The summed E-state index contributed by atoms with van der Waals surface area (Å²) in [6.07, 6.45) is 15.9. The Morgan fingerprint density at radius 2 is 1.27 bits per heavy atom. The first-order chi connectivity index (χ1) is 29.3. The number of benzene rings is 4. The Kier molecular flexibility index (Phi) is 16.0. The molecule has 5 aromatic rings. The molecule has 11 nitrogen and oxygen atoms in total. The average Bonchev–Trinajstić information content (AvgIpc) is 3.52. The van der Waals surface area contributed by atoms with Gasteiger partial charge in [0.2, 0.25) is 5.91 Å². The van der Waals surface area contributed by atoms with Crippen molar-refractivity contribution in [1.29, 1.82) is 0 Å². The molecule has 1 aromatic heterocycles. The number of imide groups is 1. The van der Waals surface area contributed by atoms with Crippen LogP contribution in [-0.4, -0.2) is 49.6 Å². The number of nitrogens with zero attached hydrogens (tertiary/aromatic N) is 4. The van der Waals surface area contributed by atoms with E-state index < -0.39 is 29.4 Å². The number of anilines is 2. The number of nitrogens with one attached hydrogen (secondary N) is 2. The van der Waals surface area contributed by atoms with E-state index in [4.69, 9.17) is 16.6 Å². The summed E-state index contributed by atoms with van der Waals surface area (Å²) in [6.45, 7) is 2.06. The van der Waals surface area contributed by atoms with Gasteiger partial charge in [-0.25, -0.2) is 14.7 Å². The molecule has 2 N–H and O–H groups in total. The first kappa shape index (κ1) is 43.8. The molecule has 0 radical (unpaired) electrons. The van der Waals surface area contributed by atoms with Crippen molar-refractivity contribution in [1.82, 2.24) is 19.4 Å². The molecule has 2 heterocycles. The monoisotopic (exact) mass is 830 g/mol. The summed E-state index contributed by atoms with van der Waals surface area (Å²) >= 11 is 6.47. The SMILES string of the molecule is CCCCCCCCCCCCCCCC(=O)Nc1cccc2c(=O)n(-c3ccccc3)c(C(C(=O)Nc3ccccc3Cl)N3C(=O)CN(Cc4ccccc4)C3=O)nc12. The Bertz CT molecular complexity index is 2300. The van der Waals surface area contributed by atoms with Gasteiger partial charge in [-0.2, -0.15) is 0 Å². The molecule has 0 saturated carbocycles. The minimum atomic E-state index is -1.73. The number of carbonyl (C=O) groups is 4. The number of para-hydroxylation sites is 3. The first-order valence-corrected chi connectivity index (χ1v) is 21.8. The van der Waals surface area contributed by atoms with Gasteiger partial charge in [0.05, 0.1) is 27.5 Å². The van der Waals surface area contributed by atoms with Crippen LogP contribution in [0.3, 0.4) is 0 Å². The Balaban J connectivity index is 1.27. The van der Waals surface area contributed by atoms with Gasteiger partial charge < -0.3 is 15.5 Å². The number of carbonyl (C=O) groups excluding carboxylic acids is 4. The molecular weight excluding hydrogens is 776 g/mol. The lowest BCUT2D eigenvalue weighted by molar-refractivity contribution is -0.132. The fourth-order valence-corrected chi connectivity index (χ4v) is 7.90. The van der Waals surface area contributed by atoms with Crippen molar-refractivity contribution in [3.8, 4) is 5.69 Å². The minimum absolute atomic E-state index is 0.118. The Labute approximate surface area is 357 Å². The van der Waals surface area contributed by atoms with Crippen LogP contribution in [-0.2, 0) is 20.9 Å². The highest BCUT2D eigenvalue weighted by molar-refractivity contribution is 6.33. The third-order valence-corrected chi connectivity index (χ3v) is 11.2. The van der Waals surface area contributed by atoms with Gasteiger partial charge in [-0.05, 0) is 48.4 Å². The van der Waals surface area contributed by atoms with Crippen molar-refractivity contribution >= 4 is 57.6 Å². The standard InChI is InChI=1S/C48H55ClN6O5/c1-2-3-4-5-6-7-8-9-10-11-12-13-20-32-41(56)50-40-31-23-28-37-43(40)52-45(54(47(37)59)36-26-18-15-19-27-36)44(46(58)51-39-30-22-21-29-38(39)49)55-42(57)34-53(48(55)60)33-35-24-16-14-17-25-35/h14-19,21-31,44H,2-13,20,32-34H2,1H3,(H,50,56)(H,51,58). The molecule has 0 bridgehead atoms. The van der Waals surface area contributed by atoms with E-state index in [-0.39, 0.29) is 52.1 Å². The molecule has 0 spiro atoms. The van der Waals surface area contributed by atoms with Gasteiger partial charge in [0.25, 0.3) is 17.4 Å². The van der Waals surface area contributed by atoms with Crippen molar-refractivity contribution in [2.24, 2.45) is 0 Å².